The molecule has 4 heterocycles. The van der Waals surface area contributed by atoms with E-state index in [1.807, 2.05) is 25.2 Å². The van der Waals surface area contributed by atoms with Gasteiger partial charge in [0.15, 0.2) is 0 Å². The van der Waals surface area contributed by atoms with Crippen LogP contribution in [-0.4, -0.2) is 23.9 Å². The van der Waals surface area contributed by atoms with Crippen molar-refractivity contribution >= 4 is 22.9 Å². The molecule has 23 heavy (non-hydrogen) atoms. The number of thiophene rings is 1. The van der Waals surface area contributed by atoms with Crippen molar-refractivity contribution in [3.8, 4) is 0 Å². The van der Waals surface area contributed by atoms with Gasteiger partial charge in [0.1, 0.15) is 18.0 Å². The van der Waals surface area contributed by atoms with E-state index in [9.17, 15) is 0 Å². The molecule has 2 atom stereocenters. The summed E-state index contributed by atoms with van der Waals surface area (Å²) in [5.41, 5.74) is 2.83. The molecule has 2 N–H and O–H groups in total. The van der Waals surface area contributed by atoms with Crippen molar-refractivity contribution in [3.63, 3.8) is 0 Å². The molecule has 0 bridgehead atoms. The number of nitrogens with one attached hydrogen (secondary N) is 2. The fourth-order valence-corrected chi connectivity index (χ4v) is 3.57. The first-order valence-electron chi connectivity index (χ1n) is 7.40. The minimum atomic E-state index is -0.0425. The quantitative estimate of drug-likeness (QED) is 0.776. The fraction of sp³-hybridized carbons (Fsp3) is 0.176. The van der Waals surface area contributed by atoms with Gasteiger partial charge in [-0.3, -0.25) is 10.3 Å². The predicted octanol–water partition coefficient (Wildman–Crippen LogP) is 3.29. The van der Waals surface area contributed by atoms with E-state index in [1.54, 1.807) is 30.1 Å². The summed E-state index contributed by atoms with van der Waals surface area (Å²) in [6, 6.07) is 10.0. The van der Waals surface area contributed by atoms with Gasteiger partial charge in [-0.05, 0) is 36.7 Å². The van der Waals surface area contributed by atoms with Crippen LogP contribution in [-0.2, 0) is 0 Å². The first kappa shape index (κ1) is 14.2. The Morgan fingerprint density at radius 2 is 2.22 bits per heavy atom. The van der Waals surface area contributed by atoms with E-state index in [0.29, 0.717) is 0 Å². The smallest absolute Gasteiger partial charge is 0.136 e. The Balaban J connectivity index is 1.91. The molecule has 0 spiro atoms. The van der Waals surface area contributed by atoms with Crippen LogP contribution in [0.3, 0.4) is 0 Å². The standard InChI is InChI=1S/C17H16N4OS/c1-18-17-15(13-5-3-9-23-13)20-14(11-6-8-22-10-11)12-4-2-7-19-16(12)21-17/h2-10,15,17-18H,1H3,(H,19,21). The lowest BCUT2D eigenvalue weighted by atomic mass is 10.1. The number of hydrogen-bond acceptors (Lipinski definition) is 6. The van der Waals surface area contributed by atoms with Crippen LogP contribution >= 0.6 is 11.3 Å². The summed E-state index contributed by atoms with van der Waals surface area (Å²) in [6.45, 7) is 0. The van der Waals surface area contributed by atoms with Crippen LogP contribution in [0.2, 0.25) is 0 Å². The first-order chi connectivity index (χ1) is 11.4. The van der Waals surface area contributed by atoms with Gasteiger partial charge in [-0.1, -0.05) is 6.07 Å². The highest BCUT2D eigenvalue weighted by Gasteiger charge is 2.29. The van der Waals surface area contributed by atoms with Gasteiger partial charge in [-0.15, -0.1) is 11.3 Å². The summed E-state index contributed by atoms with van der Waals surface area (Å²) >= 11 is 1.70. The first-order valence-corrected chi connectivity index (χ1v) is 8.28. The minimum absolute atomic E-state index is 0.0355. The zero-order chi connectivity index (χ0) is 15.6. The Bertz CT molecular complexity index is 811. The monoisotopic (exact) mass is 324 g/mol. The summed E-state index contributed by atoms with van der Waals surface area (Å²) in [4.78, 5) is 10.8. The molecule has 0 fully saturated rings. The molecular formula is C17H16N4OS. The fourth-order valence-electron chi connectivity index (χ4n) is 2.77. The number of pyridine rings is 1. The molecule has 0 aromatic carbocycles. The summed E-state index contributed by atoms with van der Waals surface area (Å²) < 4.78 is 5.27. The molecule has 1 aliphatic heterocycles. The highest BCUT2D eigenvalue weighted by atomic mass is 32.1. The number of aromatic nitrogens is 1. The van der Waals surface area contributed by atoms with Crippen LogP contribution in [0.4, 0.5) is 5.82 Å². The van der Waals surface area contributed by atoms with E-state index in [4.69, 9.17) is 9.41 Å². The zero-order valence-corrected chi connectivity index (χ0v) is 13.4. The molecule has 1 aliphatic rings. The maximum Gasteiger partial charge on any atom is 0.136 e. The van der Waals surface area contributed by atoms with Gasteiger partial charge in [0.2, 0.25) is 0 Å². The largest absolute Gasteiger partial charge is 0.472 e. The van der Waals surface area contributed by atoms with Crippen LogP contribution in [0.25, 0.3) is 0 Å². The second kappa shape index (κ2) is 5.98. The van der Waals surface area contributed by atoms with E-state index in [2.05, 4.69) is 33.1 Å². The molecule has 0 radical (unpaired) electrons. The molecule has 5 nitrogen and oxygen atoms in total. The van der Waals surface area contributed by atoms with Crippen LogP contribution in [0, 0.1) is 0 Å². The molecule has 0 saturated carbocycles. The molecule has 116 valence electrons. The van der Waals surface area contributed by atoms with Gasteiger partial charge in [-0.25, -0.2) is 4.98 Å². The Morgan fingerprint density at radius 1 is 1.26 bits per heavy atom. The maximum atomic E-state index is 5.27. The van der Waals surface area contributed by atoms with Crippen molar-refractivity contribution in [2.24, 2.45) is 4.99 Å². The van der Waals surface area contributed by atoms with Gasteiger partial charge in [0.25, 0.3) is 0 Å². The Kier molecular flexibility index (Phi) is 3.69. The second-order valence-electron chi connectivity index (χ2n) is 5.26. The topological polar surface area (TPSA) is 62.5 Å². The lowest BCUT2D eigenvalue weighted by molar-refractivity contribution is 0.528. The van der Waals surface area contributed by atoms with Crippen LogP contribution in [0.5, 0.6) is 0 Å². The van der Waals surface area contributed by atoms with Gasteiger partial charge in [-0.2, -0.15) is 0 Å². The molecule has 0 saturated heterocycles. The van der Waals surface area contributed by atoms with Crippen LogP contribution < -0.4 is 10.6 Å². The van der Waals surface area contributed by atoms with Gasteiger partial charge < -0.3 is 9.73 Å². The Hall–Kier alpha value is -2.44. The SMILES string of the molecule is CNC1Nc2ncccc2C(c2ccoc2)=NC1c1cccs1. The lowest BCUT2D eigenvalue weighted by Gasteiger charge is -2.23. The van der Waals surface area contributed by atoms with Crippen molar-refractivity contribution in [2.45, 2.75) is 12.2 Å². The molecule has 3 aromatic heterocycles. The van der Waals surface area contributed by atoms with E-state index >= 15 is 0 Å². The highest BCUT2D eigenvalue weighted by molar-refractivity contribution is 7.10. The van der Waals surface area contributed by atoms with E-state index in [-0.39, 0.29) is 12.2 Å². The van der Waals surface area contributed by atoms with E-state index in [1.165, 1.54) is 4.88 Å². The third-order valence-electron chi connectivity index (χ3n) is 3.88. The Morgan fingerprint density at radius 3 is 2.96 bits per heavy atom. The molecule has 3 aromatic rings. The van der Waals surface area contributed by atoms with Crippen LogP contribution in [0.1, 0.15) is 22.0 Å². The number of likely N-dealkylation sites (N-methyl/N-ethyl adjacent to an activating group) is 1. The van der Waals surface area contributed by atoms with Gasteiger partial charge >= 0.3 is 0 Å². The third kappa shape index (κ3) is 2.56. The lowest BCUT2D eigenvalue weighted by Crippen LogP contribution is -2.38. The molecular weight excluding hydrogens is 308 g/mol. The molecule has 6 heteroatoms. The summed E-state index contributed by atoms with van der Waals surface area (Å²) in [5.74, 6) is 0.825. The minimum Gasteiger partial charge on any atom is -0.472 e. The predicted molar refractivity (Wildman–Crippen MR) is 92.1 cm³/mol. The zero-order valence-electron chi connectivity index (χ0n) is 12.6. The molecule has 2 unspecified atom stereocenters. The summed E-state index contributed by atoms with van der Waals surface area (Å²) in [6.07, 6.45) is 5.14. The number of furan rings is 1. The molecule has 4 rings (SSSR count). The average molecular weight is 324 g/mol. The maximum absolute atomic E-state index is 5.27. The second-order valence-corrected chi connectivity index (χ2v) is 6.24. The third-order valence-corrected chi connectivity index (χ3v) is 4.82. The van der Waals surface area contributed by atoms with Crippen molar-refractivity contribution in [2.75, 3.05) is 12.4 Å². The molecule has 0 amide bonds. The van der Waals surface area contributed by atoms with Crippen molar-refractivity contribution in [3.05, 3.63) is 70.4 Å². The van der Waals surface area contributed by atoms with Gasteiger partial charge in [0.05, 0.1) is 18.2 Å². The number of fused-ring (bicyclic) bond motifs is 1. The normalized spacial score (nSPS) is 20.3. The molecule has 0 aliphatic carbocycles. The average Bonchev–Trinajstić information content (AvgIpc) is 3.26. The van der Waals surface area contributed by atoms with Crippen molar-refractivity contribution in [1.82, 2.24) is 10.3 Å². The van der Waals surface area contributed by atoms with Crippen LogP contribution in [0.15, 0.2) is 63.8 Å². The van der Waals surface area contributed by atoms with Crippen molar-refractivity contribution in [1.29, 1.82) is 0 Å². The number of hydrogen-bond donors (Lipinski definition) is 2. The number of rotatable bonds is 3. The Labute approximate surface area is 138 Å². The van der Waals surface area contributed by atoms with Gasteiger partial charge in [0, 0.05) is 22.2 Å². The summed E-state index contributed by atoms with van der Waals surface area (Å²) in [7, 11) is 1.93. The summed E-state index contributed by atoms with van der Waals surface area (Å²) in [5, 5.41) is 8.87. The van der Waals surface area contributed by atoms with Crippen molar-refractivity contribution < 1.29 is 4.42 Å². The number of nitrogens with zero attached hydrogens (tertiary/aromatic N) is 2. The number of aliphatic imine (C=N–C) groups is 1. The van der Waals surface area contributed by atoms with E-state index in [0.717, 1.165) is 22.7 Å². The highest BCUT2D eigenvalue weighted by Crippen LogP contribution is 2.32. The van der Waals surface area contributed by atoms with E-state index < -0.39 is 0 Å². The number of anilines is 1.